The van der Waals surface area contributed by atoms with Crippen molar-refractivity contribution in [1.29, 1.82) is 0 Å². The Balaban J connectivity index is 1.16. The lowest BCUT2D eigenvalue weighted by atomic mass is 9.79. The highest BCUT2D eigenvalue weighted by Gasteiger charge is 2.26. The number of nitrogens with zero attached hydrogens (tertiary/aromatic N) is 3. The number of piperazine rings is 1. The summed E-state index contributed by atoms with van der Waals surface area (Å²) in [4.78, 5) is 31.4. The molecule has 2 aliphatic rings. The third-order valence-corrected chi connectivity index (χ3v) is 9.82. The van der Waals surface area contributed by atoms with Crippen molar-refractivity contribution in [2.75, 3.05) is 62.5 Å². The van der Waals surface area contributed by atoms with Crippen LogP contribution in [0.1, 0.15) is 78.2 Å². The van der Waals surface area contributed by atoms with Gasteiger partial charge in [-0.3, -0.25) is 14.6 Å². The Kier molecular flexibility index (Phi) is 13.7. The lowest BCUT2D eigenvalue weighted by Gasteiger charge is -2.36. The van der Waals surface area contributed by atoms with Crippen LogP contribution in [0.4, 0.5) is 16.2 Å². The van der Waals surface area contributed by atoms with Crippen LogP contribution in [0.5, 0.6) is 5.75 Å². The maximum absolute atomic E-state index is 12.8. The first-order valence-electron chi connectivity index (χ1n) is 16.8. The van der Waals surface area contributed by atoms with Gasteiger partial charge in [-0.05, 0) is 80.2 Å². The summed E-state index contributed by atoms with van der Waals surface area (Å²) in [5.41, 5.74) is 3.04. The highest BCUT2D eigenvalue weighted by molar-refractivity contribution is 6.43. The Morgan fingerprint density at radius 2 is 1.76 bits per heavy atom. The number of fused-ring (bicyclic) bond motifs is 1. The molecule has 1 atom stereocenters. The second-order valence-electron chi connectivity index (χ2n) is 13.5. The molecule has 8 nitrogen and oxygen atoms in total. The van der Waals surface area contributed by atoms with Gasteiger partial charge >= 0.3 is 6.16 Å². The predicted molar refractivity (Wildman–Crippen MR) is 186 cm³/mol. The van der Waals surface area contributed by atoms with Gasteiger partial charge in [0.2, 0.25) is 5.91 Å². The first kappa shape index (κ1) is 36.2. The second kappa shape index (κ2) is 17.5. The quantitative estimate of drug-likeness (QED) is 0.130. The fourth-order valence-electron chi connectivity index (χ4n) is 6.65. The van der Waals surface area contributed by atoms with Gasteiger partial charge in [0.25, 0.3) is 0 Å². The Morgan fingerprint density at radius 3 is 2.52 bits per heavy atom. The second-order valence-corrected chi connectivity index (χ2v) is 14.2. The molecule has 0 N–H and O–H groups in total. The zero-order chi connectivity index (χ0) is 33.1. The Hall–Kier alpha value is -2.68. The number of anilines is 2. The SMILES string of the molecule is CCCC(C)(C)CC(C)CCOC(=O)OCN1C(=O)CCc2ccc(OCCCCN3CCN(c4cccc(Cl)c4Cl)CC3)cc21. The van der Waals surface area contributed by atoms with E-state index in [1.165, 1.54) is 11.3 Å². The van der Waals surface area contributed by atoms with Crippen LogP contribution >= 0.6 is 23.2 Å². The zero-order valence-electron chi connectivity index (χ0n) is 28.0. The molecule has 0 aliphatic carbocycles. The first-order valence-corrected chi connectivity index (χ1v) is 17.6. The molecule has 2 aromatic carbocycles. The summed E-state index contributed by atoms with van der Waals surface area (Å²) in [5, 5.41) is 1.21. The Bertz CT molecular complexity index is 1300. The zero-order valence-corrected chi connectivity index (χ0v) is 29.5. The number of benzene rings is 2. The molecular formula is C36H51Cl2N3O5. The van der Waals surface area contributed by atoms with Crippen molar-refractivity contribution < 1.29 is 23.8 Å². The molecule has 0 radical (unpaired) electrons. The van der Waals surface area contributed by atoms with Crippen molar-refractivity contribution >= 4 is 46.6 Å². The van der Waals surface area contributed by atoms with Gasteiger partial charge in [-0.15, -0.1) is 0 Å². The van der Waals surface area contributed by atoms with E-state index in [1.54, 1.807) is 0 Å². The van der Waals surface area contributed by atoms with Crippen molar-refractivity contribution in [2.45, 2.75) is 79.1 Å². The third kappa shape index (κ3) is 10.7. The number of carbonyl (C=O) groups excluding carboxylic acids is 2. The molecule has 2 aliphatic heterocycles. The van der Waals surface area contributed by atoms with Crippen LogP contribution in [0.2, 0.25) is 10.0 Å². The van der Waals surface area contributed by atoms with E-state index in [9.17, 15) is 9.59 Å². The fraction of sp³-hybridized carbons (Fsp3) is 0.611. The van der Waals surface area contributed by atoms with Gasteiger partial charge in [0.05, 0.1) is 34.6 Å². The molecule has 0 aromatic heterocycles. The topological polar surface area (TPSA) is 71.5 Å². The molecule has 2 aromatic rings. The number of hydrogen-bond acceptors (Lipinski definition) is 7. The number of halogens is 2. The Morgan fingerprint density at radius 1 is 0.978 bits per heavy atom. The molecule has 1 unspecified atom stereocenters. The molecule has 1 saturated heterocycles. The van der Waals surface area contributed by atoms with Crippen LogP contribution in [0.15, 0.2) is 36.4 Å². The van der Waals surface area contributed by atoms with Gasteiger partial charge in [0, 0.05) is 38.7 Å². The van der Waals surface area contributed by atoms with Crippen molar-refractivity contribution in [1.82, 2.24) is 4.90 Å². The smallest absolute Gasteiger partial charge is 0.494 e. The summed E-state index contributed by atoms with van der Waals surface area (Å²) in [5.74, 6) is 1.06. The number of hydrogen-bond donors (Lipinski definition) is 0. The molecule has 0 spiro atoms. The summed E-state index contributed by atoms with van der Waals surface area (Å²) in [6.45, 7) is 14.5. The monoisotopic (exact) mass is 675 g/mol. The lowest BCUT2D eigenvalue weighted by molar-refractivity contribution is -0.119. The van der Waals surface area contributed by atoms with Gasteiger partial charge in [-0.2, -0.15) is 0 Å². The van der Waals surface area contributed by atoms with Crippen LogP contribution < -0.4 is 14.5 Å². The van der Waals surface area contributed by atoms with E-state index in [2.05, 4.69) is 37.5 Å². The number of ether oxygens (including phenoxy) is 3. The fourth-order valence-corrected chi connectivity index (χ4v) is 7.07. The summed E-state index contributed by atoms with van der Waals surface area (Å²) in [7, 11) is 0. The van der Waals surface area contributed by atoms with Gasteiger partial charge < -0.3 is 19.1 Å². The minimum atomic E-state index is -0.748. The third-order valence-electron chi connectivity index (χ3n) is 9.01. The summed E-state index contributed by atoms with van der Waals surface area (Å²) >= 11 is 12.6. The summed E-state index contributed by atoms with van der Waals surface area (Å²) in [6, 6.07) is 11.6. The normalized spacial score (nSPS) is 16.3. The molecule has 46 heavy (non-hydrogen) atoms. The molecule has 0 saturated carbocycles. The lowest BCUT2D eigenvalue weighted by Crippen LogP contribution is -2.46. The minimum absolute atomic E-state index is 0.0815. The van der Waals surface area contributed by atoms with E-state index in [-0.39, 0.29) is 18.1 Å². The van der Waals surface area contributed by atoms with Crippen LogP contribution in [0.25, 0.3) is 0 Å². The molecule has 2 heterocycles. The average molecular weight is 677 g/mol. The number of rotatable bonds is 16. The minimum Gasteiger partial charge on any atom is -0.494 e. The number of carbonyl (C=O) groups is 2. The van der Waals surface area contributed by atoms with Crippen molar-refractivity contribution in [3.8, 4) is 5.75 Å². The van der Waals surface area contributed by atoms with Crippen molar-refractivity contribution in [3.63, 3.8) is 0 Å². The molecule has 1 fully saturated rings. The van der Waals surface area contributed by atoms with E-state index in [0.717, 1.165) is 81.8 Å². The van der Waals surface area contributed by atoms with Gasteiger partial charge in [-0.1, -0.05) is 69.5 Å². The Labute approximate surface area is 285 Å². The predicted octanol–water partition coefficient (Wildman–Crippen LogP) is 8.61. The molecule has 10 heteroatoms. The maximum atomic E-state index is 12.8. The van der Waals surface area contributed by atoms with Crippen molar-refractivity contribution in [2.24, 2.45) is 11.3 Å². The summed E-state index contributed by atoms with van der Waals surface area (Å²) < 4.78 is 16.8. The summed E-state index contributed by atoms with van der Waals surface area (Å²) in [6.07, 6.45) is 6.43. The van der Waals surface area contributed by atoms with Crippen molar-refractivity contribution in [3.05, 3.63) is 52.0 Å². The molecular weight excluding hydrogens is 625 g/mol. The molecule has 0 bridgehead atoms. The van der Waals surface area contributed by atoms with Crippen LogP contribution in [-0.4, -0.2) is 69.6 Å². The van der Waals surface area contributed by atoms with Gasteiger partial charge in [0.15, 0.2) is 6.73 Å². The molecule has 1 amide bonds. The van der Waals surface area contributed by atoms with Crippen LogP contribution in [0.3, 0.4) is 0 Å². The van der Waals surface area contributed by atoms with Crippen LogP contribution in [0, 0.1) is 11.3 Å². The largest absolute Gasteiger partial charge is 0.510 e. The van der Waals surface area contributed by atoms with E-state index in [1.807, 2.05) is 36.4 Å². The van der Waals surface area contributed by atoms with Crippen LogP contribution in [-0.2, 0) is 20.7 Å². The average Bonchev–Trinajstić information content (AvgIpc) is 3.01. The van der Waals surface area contributed by atoms with E-state index >= 15 is 0 Å². The standard InChI is InChI=1S/C36H51Cl2N3O5/c1-5-16-36(3,4)25-27(2)15-23-45-35(43)46-26-41-32-24-29(13-11-28(32)12-14-33(41)42)44-22-7-6-17-39-18-20-40(21-19-39)31-10-8-9-30(37)34(31)38/h8-11,13,24,27H,5-7,12,14-23,25-26H2,1-4H3. The highest BCUT2D eigenvalue weighted by atomic mass is 35.5. The van der Waals surface area contributed by atoms with E-state index < -0.39 is 6.16 Å². The number of unbranched alkanes of at least 4 members (excludes halogenated alkanes) is 1. The number of aryl methyl sites for hydroxylation is 1. The maximum Gasteiger partial charge on any atom is 0.510 e. The van der Waals surface area contributed by atoms with E-state index in [4.69, 9.17) is 37.4 Å². The number of amides is 1. The first-order chi connectivity index (χ1) is 22.1. The highest BCUT2D eigenvalue weighted by Crippen LogP contribution is 2.34. The van der Waals surface area contributed by atoms with E-state index in [0.29, 0.717) is 47.8 Å². The molecule has 4 rings (SSSR count). The molecule has 254 valence electrons. The van der Waals surface area contributed by atoms with Gasteiger partial charge in [0.1, 0.15) is 5.75 Å². The van der Waals surface area contributed by atoms with Gasteiger partial charge in [-0.25, -0.2) is 4.79 Å².